The first kappa shape index (κ1) is 34.0. The molecule has 1 aliphatic heterocycles. The van der Waals surface area contributed by atoms with Crippen molar-refractivity contribution in [2.24, 2.45) is 0 Å². The lowest BCUT2D eigenvalue weighted by Crippen LogP contribution is -2.57. The second-order valence-electron chi connectivity index (χ2n) is 12.5. The third-order valence-corrected chi connectivity index (χ3v) is 10.2. The van der Waals surface area contributed by atoms with Crippen LogP contribution >= 0.6 is 11.6 Å². The molecule has 0 N–H and O–H groups in total. The van der Waals surface area contributed by atoms with Crippen molar-refractivity contribution in [3.05, 3.63) is 167 Å². The van der Waals surface area contributed by atoms with Crippen molar-refractivity contribution in [2.75, 3.05) is 20.1 Å². The van der Waals surface area contributed by atoms with Gasteiger partial charge in [0.05, 0.1) is 13.0 Å². The Labute approximate surface area is 302 Å². The number of carbonyl (C=O) groups excluding carboxylic acids is 3. The lowest BCUT2D eigenvalue weighted by Gasteiger charge is -2.43. The fourth-order valence-corrected chi connectivity index (χ4v) is 8.03. The molecule has 0 spiro atoms. The highest BCUT2D eigenvalue weighted by Gasteiger charge is 2.63. The van der Waals surface area contributed by atoms with Crippen molar-refractivity contribution in [3.63, 3.8) is 0 Å². The average molecular weight is 701 g/mol. The number of esters is 2. The van der Waals surface area contributed by atoms with Gasteiger partial charge < -0.3 is 19.1 Å². The molecule has 0 radical (unpaired) electrons. The number of nitrogens with zero attached hydrogens (tertiary/aromatic N) is 2. The standard InChI is InChI=1S/C42H37ClN2O6/c1-49-38(29-18-8-4-9-19-29)40(47)51-35(26-43)36-37(39(46)50-2)45(41(48)44(36)27-28-16-6-3-7-17-28)42(30-20-10-5-11-21-30)33-24-14-12-22-31(33)32-23-13-15-25-34(32)42/h3-25,35-38H,26-27H2,1-2H3/t35-,36-,37+,38+/m1/s1. The van der Waals surface area contributed by atoms with Crippen LogP contribution in [0, 0.1) is 0 Å². The van der Waals surface area contributed by atoms with Crippen molar-refractivity contribution < 1.29 is 28.6 Å². The van der Waals surface area contributed by atoms with E-state index in [2.05, 4.69) is 0 Å². The second kappa shape index (κ2) is 14.4. The minimum Gasteiger partial charge on any atom is -0.467 e. The number of carbonyl (C=O) groups is 3. The first-order valence-electron chi connectivity index (χ1n) is 16.8. The molecule has 0 saturated carbocycles. The second-order valence-corrected chi connectivity index (χ2v) is 12.9. The van der Waals surface area contributed by atoms with Gasteiger partial charge in [-0.1, -0.05) is 140 Å². The molecule has 0 aromatic heterocycles. The van der Waals surface area contributed by atoms with E-state index in [1.165, 1.54) is 14.2 Å². The maximum atomic E-state index is 15.5. The summed E-state index contributed by atoms with van der Waals surface area (Å²) in [5, 5.41) is 0. The van der Waals surface area contributed by atoms with Gasteiger partial charge in [0.1, 0.15) is 17.7 Å². The van der Waals surface area contributed by atoms with E-state index in [9.17, 15) is 9.59 Å². The molecule has 2 aliphatic rings. The zero-order valence-corrected chi connectivity index (χ0v) is 29.0. The molecular weight excluding hydrogens is 664 g/mol. The normalized spacial score (nSPS) is 18.5. The molecule has 1 saturated heterocycles. The molecule has 9 heteroatoms. The number of methoxy groups -OCH3 is 2. The summed E-state index contributed by atoms with van der Waals surface area (Å²) in [5.41, 5.74) is 4.48. The summed E-state index contributed by atoms with van der Waals surface area (Å²) in [7, 11) is 2.72. The molecule has 51 heavy (non-hydrogen) atoms. The van der Waals surface area contributed by atoms with Gasteiger partial charge in [-0.05, 0) is 38.9 Å². The Morgan fingerprint density at radius 2 is 1.27 bits per heavy atom. The molecule has 2 amide bonds. The highest BCUT2D eigenvalue weighted by Crippen LogP contribution is 2.57. The van der Waals surface area contributed by atoms with E-state index in [-0.39, 0.29) is 12.4 Å². The van der Waals surface area contributed by atoms with Crippen LogP contribution in [0.1, 0.15) is 33.9 Å². The van der Waals surface area contributed by atoms with Gasteiger partial charge in [0.25, 0.3) is 0 Å². The molecule has 0 bridgehead atoms. The van der Waals surface area contributed by atoms with Crippen LogP contribution in [0.25, 0.3) is 11.1 Å². The fraction of sp³-hybridized carbons (Fsp3) is 0.214. The van der Waals surface area contributed by atoms with Gasteiger partial charge in [-0.25, -0.2) is 14.4 Å². The van der Waals surface area contributed by atoms with E-state index in [0.29, 0.717) is 5.56 Å². The number of hydrogen-bond acceptors (Lipinski definition) is 6. The van der Waals surface area contributed by atoms with E-state index in [1.54, 1.807) is 34.1 Å². The molecule has 1 heterocycles. The molecule has 7 rings (SSSR count). The largest absolute Gasteiger partial charge is 0.467 e. The Bertz CT molecular complexity index is 1980. The van der Waals surface area contributed by atoms with Crippen molar-refractivity contribution in [3.8, 4) is 11.1 Å². The Morgan fingerprint density at radius 1 is 0.745 bits per heavy atom. The molecule has 5 aromatic carbocycles. The van der Waals surface area contributed by atoms with Crippen LogP contribution in [0.2, 0.25) is 0 Å². The summed E-state index contributed by atoms with van der Waals surface area (Å²) in [6.45, 7) is 0.111. The van der Waals surface area contributed by atoms with E-state index in [4.69, 9.17) is 25.8 Å². The molecule has 0 unspecified atom stereocenters. The first-order valence-corrected chi connectivity index (χ1v) is 17.3. The van der Waals surface area contributed by atoms with Gasteiger partial charge in [0.2, 0.25) is 0 Å². The van der Waals surface area contributed by atoms with Crippen molar-refractivity contribution in [2.45, 2.75) is 36.4 Å². The Morgan fingerprint density at radius 3 is 1.82 bits per heavy atom. The van der Waals surface area contributed by atoms with Gasteiger partial charge in [-0.15, -0.1) is 11.6 Å². The monoisotopic (exact) mass is 700 g/mol. The number of benzene rings is 5. The number of hydrogen-bond donors (Lipinski definition) is 0. The van der Waals surface area contributed by atoms with Crippen LogP contribution in [-0.2, 0) is 35.9 Å². The quantitative estimate of drug-likeness (QED) is 0.106. The predicted octanol–water partition coefficient (Wildman–Crippen LogP) is 7.35. The first-order chi connectivity index (χ1) is 24.9. The third-order valence-electron chi connectivity index (χ3n) is 9.88. The Kier molecular flexibility index (Phi) is 9.62. The maximum absolute atomic E-state index is 15.5. The molecule has 4 atom stereocenters. The lowest BCUT2D eigenvalue weighted by molar-refractivity contribution is -0.166. The van der Waals surface area contributed by atoms with Crippen LogP contribution in [0.3, 0.4) is 0 Å². The highest BCUT2D eigenvalue weighted by molar-refractivity contribution is 6.18. The van der Waals surface area contributed by atoms with Gasteiger partial charge >= 0.3 is 18.0 Å². The Hall–Kier alpha value is -5.44. The number of alkyl halides is 1. The minimum atomic E-state index is -1.27. The molecule has 258 valence electrons. The van der Waals surface area contributed by atoms with Gasteiger partial charge in [0, 0.05) is 13.7 Å². The number of amides is 2. The molecule has 1 aliphatic carbocycles. The lowest BCUT2D eigenvalue weighted by atomic mass is 9.78. The summed E-state index contributed by atoms with van der Waals surface area (Å²) in [6, 6.07) is 41.3. The van der Waals surface area contributed by atoms with Gasteiger partial charge in [0.15, 0.2) is 12.1 Å². The number of ether oxygens (including phenoxy) is 3. The van der Waals surface area contributed by atoms with Crippen LogP contribution in [0.4, 0.5) is 4.79 Å². The summed E-state index contributed by atoms with van der Waals surface area (Å²) in [4.78, 5) is 47.0. The number of rotatable bonds is 11. The minimum absolute atomic E-state index is 0.111. The number of fused-ring (bicyclic) bond motifs is 3. The zero-order chi connectivity index (χ0) is 35.5. The SMILES string of the molecule is COC(=O)[C@@H]1[C@@H]([C@@H](CCl)OC(=O)[C@@H](OC)c2ccccc2)N(Cc2ccccc2)C(=O)N1C1(c2ccccc2)c2ccccc2-c2ccccc21. The predicted molar refractivity (Wildman–Crippen MR) is 194 cm³/mol. The molecular formula is C42H37ClN2O6. The highest BCUT2D eigenvalue weighted by atomic mass is 35.5. The van der Waals surface area contributed by atoms with Crippen LogP contribution in [0.15, 0.2) is 140 Å². The average Bonchev–Trinajstić information content (AvgIpc) is 3.64. The Balaban J connectivity index is 1.44. The molecule has 5 aromatic rings. The maximum Gasteiger partial charge on any atom is 0.340 e. The topological polar surface area (TPSA) is 85.4 Å². The number of urea groups is 1. The van der Waals surface area contributed by atoms with E-state index < -0.39 is 47.8 Å². The van der Waals surface area contributed by atoms with Crippen LogP contribution in [0.5, 0.6) is 0 Å². The zero-order valence-electron chi connectivity index (χ0n) is 28.2. The summed E-state index contributed by atoms with van der Waals surface area (Å²) < 4.78 is 17.3. The van der Waals surface area contributed by atoms with Crippen LogP contribution < -0.4 is 0 Å². The summed E-state index contributed by atoms with van der Waals surface area (Å²) >= 11 is 6.71. The number of halogens is 1. The van der Waals surface area contributed by atoms with Crippen molar-refractivity contribution in [1.29, 1.82) is 0 Å². The van der Waals surface area contributed by atoms with Gasteiger partial charge in [-0.2, -0.15) is 0 Å². The van der Waals surface area contributed by atoms with Gasteiger partial charge in [-0.3, -0.25) is 4.90 Å². The van der Waals surface area contributed by atoms with Crippen molar-refractivity contribution in [1.82, 2.24) is 9.80 Å². The molecule has 8 nitrogen and oxygen atoms in total. The fourth-order valence-electron chi connectivity index (χ4n) is 7.78. The molecule has 1 fully saturated rings. The summed E-state index contributed by atoms with van der Waals surface area (Å²) in [5.74, 6) is -1.58. The van der Waals surface area contributed by atoms with E-state index >= 15 is 4.79 Å². The van der Waals surface area contributed by atoms with Crippen LogP contribution in [-0.4, -0.2) is 66.1 Å². The van der Waals surface area contributed by atoms with E-state index in [0.717, 1.165) is 33.4 Å². The van der Waals surface area contributed by atoms with E-state index in [1.807, 2.05) is 115 Å². The third kappa shape index (κ3) is 5.74. The smallest absolute Gasteiger partial charge is 0.340 e. The summed E-state index contributed by atoms with van der Waals surface area (Å²) in [6.07, 6.45) is -2.20. The van der Waals surface area contributed by atoms with Crippen molar-refractivity contribution >= 4 is 29.6 Å².